The van der Waals surface area contributed by atoms with Crippen LogP contribution in [0.2, 0.25) is 0 Å². The van der Waals surface area contributed by atoms with Gasteiger partial charge in [0.25, 0.3) is 0 Å². The van der Waals surface area contributed by atoms with Crippen LogP contribution in [0.1, 0.15) is 18.4 Å². The van der Waals surface area contributed by atoms with Crippen molar-refractivity contribution in [1.82, 2.24) is 0 Å². The molecule has 1 fully saturated rings. The van der Waals surface area contributed by atoms with Crippen molar-refractivity contribution in [3.63, 3.8) is 0 Å². The highest BCUT2D eigenvalue weighted by Gasteiger charge is 2.43. The Balaban J connectivity index is 2.45. The monoisotopic (exact) mass is 167 g/mol. The van der Waals surface area contributed by atoms with Gasteiger partial charge in [0.15, 0.2) is 0 Å². The molecule has 1 aromatic rings. The van der Waals surface area contributed by atoms with Gasteiger partial charge >= 0.3 is 0 Å². The lowest BCUT2D eigenvalue weighted by molar-refractivity contribution is 0.147. The average molecular weight is 167 g/mol. The van der Waals surface area contributed by atoms with Gasteiger partial charge in [0.2, 0.25) is 0 Å². The average Bonchev–Trinajstić information content (AvgIpc) is 2.68. The normalized spacial score (nSPS) is 19.2. The molecule has 12 heavy (non-hydrogen) atoms. The zero-order valence-corrected chi connectivity index (χ0v) is 6.55. The van der Waals surface area contributed by atoms with Gasteiger partial charge in [-0.05, 0) is 25.0 Å². The molecule has 0 radical (unpaired) electrons. The Hall–Kier alpha value is -1.09. The summed E-state index contributed by atoms with van der Waals surface area (Å²) in [5.41, 5.74) is 5.23. The van der Waals surface area contributed by atoms with E-state index in [0.29, 0.717) is 24.1 Å². The molecule has 0 heterocycles. The number of hydrogen-bond acceptors (Lipinski definition) is 2. The summed E-state index contributed by atoms with van der Waals surface area (Å²) in [7, 11) is 0. The molecular weight excluding hydrogens is 157 g/mol. The number of nitrogens with two attached hydrogens (primary N) is 1. The summed E-state index contributed by atoms with van der Waals surface area (Å²) >= 11 is 0. The molecule has 0 atom stereocenters. The number of anilines is 1. The molecule has 0 saturated heterocycles. The van der Waals surface area contributed by atoms with Crippen LogP contribution in [0.25, 0.3) is 0 Å². The first kappa shape index (κ1) is 7.55. The van der Waals surface area contributed by atoms with Crippen molar-refractivity contribution < 1.29 is 9.50 Å². The van der Waals surface area contributed by atoms with E-state index >= 15 is 0 Å². The van der Waals surface area contributed by atoms with Gasteiger partial charge in [0, 0.05) is 11.3 Å². The van der Waals surface area contributed by atoms with Crippen molar-refractivity contribution in [1.29, 1.82) is 0 Å². The first-order valence-corrected chi connectivity index (χ1v) is 3.90. The van der Waals surface area contributed by atoms with Crippen molar-refractivity contribution in [2.45, 2.75) is 18.4 Å². The summed E-state index contributed by atoms with van der Waals surface area (Å²) in [6.45, 7) is 0. The second-order valence-corrected chi connectivity index (χ2v) is 3.27. The molecule has 0 spiro atoms. The van der Waals surface area contributed by atoms with Crippen LogP contribution in [0.4, 0.5) is 10.1 Å². The molecule has 1 aromatic carbocycles. The summed E-state index contributed by atoms with van der Waals surface area (Å²) < 4.78 is 13.1. The second-order valence-electron chi connectivity index (χ2n) is 3.27. The number of nitrogen functional groups attached to an aromatic ring is 1. The SMILES string of the molecule is Nc1ccc(C2(O)CC2)c(F)c1. The van der Waals surface area contributed by atoms with Crippen molar-refractivity contribution in [3.8, 4) is 0 Å². The summed E-state index contributed by atoms with van der Waals surface area (Å²) in [6.07, 6.45) is 1.29. The van der Waals surface area contributed by atoms with Gasteiger partial charge in [-0.25, -0.2) is 4.39 Å². The van der Waals surface area contributed by atoms with Crippen LogP contribution in [-0.2, 0) is 5.60 Å². The first-order valence-electron chi connectivity index (χ1n) is 3.90. The van der Waals surface area contributed by atoms with E-state index in [0.717, 1.165) is 0 Å². The van der Waals surface area contributed by atoms with Crippen LogP contribution < -0.4 is 5.73 Å². The maximum absolute atomic E-state index is 13.1. The van der Waals surface area contributed by atoms with E-state index in [1.807, 2.05) is 0 Å². The molecule has 1 aliphatic carbocycles. The molecule has 1 saturated carbocycles. The molecule has 3 N–H and O–H groups in total. The fourth-order valence-corrected chi connectivity index (χ4v) is 1.30. The summed E-state index contributed by atoms with van der Waals surface area (Å²) in [5, 5.41) is 9.59. The lowest BCUT2D eigenvalue weighted by Gasteiger charge is -2.08. The third-order valence-electron chi connectivity index (χ3n) is 2.22. The van der Waals surface area contributed by atoms with E-state index in [-0.39, 0.29) is 0 Å². The van der Waals surface area contributed by atoms with Gasteiger partial charge < -0.3 is 10.8 Å². The van der Waals surface area contributed by atoms with E-state index in [1.54, 1.807) is 12.1 Å². The molecule has 0 bridgehead atoms. The third-order valence-corrected chi connectivity index (χ3v) is 2.22. The molecule has 3 heteroatoms. The topological polar surface area (TPSA) is 46.2 Å². The smallest absolute Gasteiger partial charge is 0.131 e. The molecule has 64 valence electrons. The Bertz CT molecular complexity index is 320. The van der Waals surface area contributed by atoms with Gasteiger partial charge in [0.1, 0.15) is 5.82 Å². The highest BCUT2D eigenvalue weighted by atomic mass is 19.1. The Morgan fingerprint density at radius 1 is 1.42 bits per heavy atom. The molecular formula is C9H10FNO. The van der Waals surface area contributed by atoms with Gasteiger partial charge in [-0.15, -0.1) is 0 Å². The van der Waals surface area contributed by atoms with Crippen LogP contribution in [0.5, 0.6) is 0 Å². The number of rotatable bonds is 1. The summed E-state index contributed by atoms with van der Waals surface area (Å²) in [6, 6.07) is 4.40. The Labute approximate surface area is 69.8 Å². The molecule has 1 aliphatic rings. The van der Waals surface area contributed by atoms with E-state index in [9.17, 15) is 9.50 Å². The molecule has 2 rings (SSSR count). The highest BCUT2D eigenvalue weighted by Crippen LogP contribution is 2.46. The van der Waals surface area contributed by atoms with E-state index in [1.165, 1.54) is 6.07 Å². The Morgan fingerprint density at radius 3 is 2.58 bits per heavy atom. The minimum absolute atomic E-state index is 0.372. The molecule has 0 amide bonds. The fourth-order valence-electron chi connectivity index (χ4n) is 1.30. The van der Waals surface area contributed by atoms with Crippen LogP contribution in [-0.4, -0.2) is 5.11 Å². The van der Waals surface area contributed by atoms with Gasteiger partial charge in [-0.1, -0.05) is 6.07 Å². The van der Waals surface area contributed by atoms with Gasteiger partial charge in [-0.2, -0.15) is 0 Å². The number of hydrogen-bond donors (Lipinski definition) is 2. The van der Waals surface area contributed by atoms with Crippen molar-refractivity contribution in [2.24, 2.45) is 0 Å². The molecule has 2 nitrogen and oxygen atoms in total. The zero-order valence-electron chi connectivity index (χ0n) is 6.55. The van der Waals surface area contributed by atoms with E-state index < -0.39 is 11.4 Å². The number of aliphatic hydroxyl groups is 1. The minimum atomic E-state index is -0.905. The Morgan fingerprint density at radius 2 is 2.08 bits per heavy atom. The quantitative estimate of drug-likeness (QED) is 0.621. The first-order chi connectivity index (χ1) is 5.62. The second kappa shape index (κ2) is 2.20. The standard InChI is InChI=1S/C9H10FNO/c10-8-5-6(11)1-2-7(8)9(12)3-4-9/h1-2,5,12H,3-4,11H2. The lowest BCUT2D eigenvalue weighted by Crippen LogP contribution is -2.07. The molecule has 0 unspecified atom stereocenters. The fraction of sp³-hybridized carbons (Fsp3) is 0.333. The summed E-state index contributed by atoms with van der Waals surface area (Å²) in [4.78, 5) is 0. The van der Waals surface area contributed by atoms with Crippen molar-refractivity contribution in [2.75, 3.05) is 5.73 Å². The van der Waals surface area contributed by atoms with Gasteiger partial charge in [0.05, 0.1) is 5.60 Å². The van der Waals surface area contributed by atoms with E-state index in [2.05, 4.69) is 0 Å². The van der Waals surface area contributed by atoms with Crippen LogP contribution in [0.15, 0.2) is 18.2 Å². The van der Waals surface area contributed by atoms with Crippen LogP contribution >= 0.6 is 0 Å². The maximum atomic E-state index is 13.1. The maximum Gasteiger partial charge on any atom is 0.131 e. The molecule has 0 aliphatic heterocycles. The predicted octanol–water partition coefficient (Wildman–Crippen LogP) is 1.39. The number of halogens is 1. The minimum Gasteiger partial charge on any atom is -0.399 e. The predicted molar refractivity (Wildman–Crippen MR) is 43.9 cm³/mol. The third kappa shape index (κ3) is 1.06. The molecule has 0 aromatic heterocycles. The zero-order chi connectivity index (χ0) is 8.77. The largest absolute Gasteiger partial charge is 0.399 e. The lowest BCUT2D eigenvalue weighted by atomic mass is 10.1. The van der Waals surface area contributed by atoms with Crippen molar-refractivity contribution in [3.05, 3.63) is 29.6 Å². The highest BCUT2D eigenvalue weighted by molar-refractivity contribution is 5.43. The van der Waals surface area contributed by atoms with Crippen LogP contribution in [0, 0.1) is 5.82 Å². The van der Waals surface area contributed by atoms with Gasteiger partial charge in [-0.3, -0.25) is 0 Å². The van der Waals surface area contributed by atoms with Crippen LogP contribution in [0.3, 0.4) is 0 Å². The number of benzene rings is 1. The van der Waals surface area contributed by atoms with Crippen molar-refractivity contribution >= 4 is 5.69 Å². The Kier molecular flexibility index (Phi) is 1.38. The van der Waals surface area contributed by atoms with E-state index in [4.69, 9.17) is 5.73 Å². The summed E-state index contributed by atoms with van der Waals surface area (Å²) in [5.74, 6) is -0.407.